The molecular weight excluding hydrogens is 652 g/mol. The lowest BCUT2D eigenvalue weighted by Crippen LogP contribution is -2.68. The van der Waals surface area contributed by atoms with Crippen LogP contribution < -0.4 is 5.32 Å². The quantitative estimate of drug-likeness (QED) is 0.163. The Morgan fingerprint density at radius 1 is 0.885 bits per heavy atom. The van der Waals surface area contributed by atoms with E-state index in [0.717, 1.165) is 32.4 Å². The number of alkyl halides is 1. The van der Waals surface area contributed by atoms with Gasteiger partial charge in [-0.1, -0.05) is 58.9 Å². The largest absolute Gasteiger partial charge is 0.480 e. The Morgan fingerprint density at radius 2 is 1.60 bits per heavy atom. The highest BCUT2D eigenvalue weighted by molar-refractivity contribution is 5.98. The van der Waals surface area contributed by atoms with E-state index in [1.165, 1.54) is 68.9 Å². The second-order valence-electron chi connectivity index (χ2n) is 20.4. The maximum absolute atomic E-state index is 13.5. The van der Waals surface area contributed by atoms with E-state index in [0.29, 0.717) is 42.7 Å². The van der Waals surface area contributed by atoms with Gasteiger partial charge in [-0.05, 0) is 178 Å². The number of aliphatic carboxylic acids is 2. The second-order valence-corrected chi connectivity index (χ2v) is 20.4. The molecule has 3 N–H and O–H groups in total. The van der Waals surface area contributed by atoms with Gasteiger partial charge in [0.1, 0.15) is 0 Å². The number of allylic oxidation sites excluding steroid dienone is 5. The summed E-state index contributed by atoms with van der Waals surface area (Å²) < 4.78 is 13.5. The van der Waals surface area contributed by atoms with E-state index >= 15 is 0 Å². The molecule has 6 nitrogen and oxygen atoms in total. The molecule has 6 aliphatic carbocycles. The van der Waals surface area contributed by atoms with Crippen molar-refractivity contribution in [3.8, 4) is 0 Å². The van der Waals surface area contributed by atoms with Crippen LogP contribution in [0, 0.1) is 62.6 Å². The number of halogens is 1. The van der Waals surface area contributed by atoms with E-state index in [4.69, 9.17) is 0 Å². The number of fused-ring (bicyclic) bond motifs is 7. The highest BCUT2D eigenvalue weighted by atomic mass is 19.1. The number of nitrogens with one attached hydrogen (secondary N) is 1. The summed E-state index contributed by atoms with van der Waals surface area (Å²) in [6.45, 7) is 22.5. The molecular formula is C45H69FN2O4. The van der Waals surface area contributed by atoms with Gasteiger partial charge in [0.15, 0.2) is 5.41 Å². The molecule has 7 heteroatoms. The van der Waals surface area contributed by atoms with E-state index in [1.807, 2.05) is 0 Å². The van der Waals surface area contributed by atoms with Crippen LogP contribution in [-0.2, 0) is 9.59 Å². The van der Waals surface area contributed by atoms with Crippen LogP contribution in [0.5, 0.6) is 0 Å². The maximum Gasteiger partial charge on any atom is 0.321 e. The normalized spacial score (nSPS) is 43.9. The van der Waals surface area contributed by atoms with Gasteiger partial charge in [-0.3, -0.25) is 14.0 Å². The summed E-state index contributed by atoms with van der Waals surface area (Å²) in [6.07, 6.45) is 19.5. The van der Waals surface area contributed by atoms with Crippen LogP contribution >= 0.6 is 0 Å². The summed E-state index contributed by atoms with van der Waals surface area (Å²) in [4.78, 5) is 26.0. The number of hydrogen-bond donors (Lipinski definition) is 3. The molecule has 0 bridgehead atoms. The fraction of sp³-hybridized carbons (Fsp3) is 0.822. The zero-order valence-electron chi connectivity index (χ0n) is 33.3. The van der Waals surface area contributed by atoms with Crippen molar-refractivity contribution in [3.63, 3.8) is 0 Å². The van der Waals surface area contributed by atoms with E-state index in [9.17, 15) is 24.2 Å². The number of carbonyl (C=O) groups is 2. The van der Waals surface area contributed by atoms with Crippen LogP contribution in [0.3, 0.4) is 0 Å². The molecule has 0 radical (unpaired) electrons. The first-order valence-electron chi connectivity index (χ1n) is 21.0. The standard InChI is InChI=1S/C45H69FN2O4/c1-29(2)32-14-19-45(47-24-27-48-25-22-44(23-26-48,38(49)50)39(51)52)21-20-42(6)34(37(32)45)12-13-36-41(5)17-15-33(31-10-8-30(28-46)9-11-31)40(3,4)35(41)16-18-43(36,42)7/h10,15,30,32,34-37,47H,1,8-9,11-14,16-28H2,2-7H3,(H,49,50)(H,51,52). The lowest BCUT2D eigenvalue weighted by atomic mass is 9.33. The average Bonchev–Trinajstić information content (AvgIpc) is 3.48. The third kappa shape index (κ3) is 5.57. The Bertz CT molecular complexity index is 1490. The van der Waals surface area contributed by atoms with Gasteiger partial charge in [-0.2, -0.15) is 0 Å². The second kappa shape index (κ2) is 13.3. The van der Waals surface area contributed by atoms with Gasteiger partial charge in [0.25, 0.3) is 0 Å². The van der Waals surface area contributed by atoms with Crippen molar-refractivity contribution in [2.75, 3.05) is 32.9 Å². The molecule has 0 aromatic rings. The van der Waals surface area contributed by atoms with Crippen LogP contribution in [0.2, 0.25) is 0 Å². The molecule has 0 amide bonds. The fourth-order valence-corrected chi connectivity index (χ4v) is 15.0. The first kappa shape index (κ1) is 38.3. The first-order chi connectivity index (χ1) is 24.5. The van der Waals surface area contributed by atoms with E-state index in [-0.39, 0.29) is 52.6 Å². The Morgan fingerprint density at radius 3 is 2.21 bits per heavy atom. The van der Waals surface area contributed by atoms with Crippen molar-refractivity contribution in [1.82, 2.24) is 10.2 Å². The number of likely N-dealkylation sites (tertiary alicyclic amines) is 1. The van der Waals surface area contributed by atoms with Crippen LogP contribution in [0.15, 0.2) is 35.5 Å². The van der Waals surface area contributed by atoms with Crippen molar-refractivity contribution in [3.05, 3.63) is 35.5 Å². The van der Waals surface area contributed by atoms with Gasteiger partial charge in [0, 0.05) is 18.6 Å². The molecule has 10 atom stereocenters. The first-order valence-corrected chi connectivity index (χ1v) is 21.0. The van der Waals surface area contributed by atoms with Gasteiger partial charge in [-0.15, -0.1) is 0 Å². The summed E-state index contributed by atoms with van der Waals surface area (Å²) in [5.41, 5.74) is 3.83. The van der Waals surface area contributed by atoms with Gasteiger partial charge in [0.2, 0.25) is 0 Å². The summed E-state index contributed by atoms with van der Waals surface area (Å²) in [6, 6.07) is 0. The Labute approximate surface area is 313 Å². The predicted octanol–water partition coefficient (Wildman–Crippen LogP) is 9.47. The molecule has 52 heavy (non-hydrogen) atoms. The topological polar surface area (TPSA) is 89.9 Å². The molecule has 5 fully saturated rings. The molecule has 0 spiro atoms. The number of hydrogen-bond acceptors (Lipinski definition) is 4. The smallest absolute Gasteiger partial charge is 0.321 e. The fourth-order valence-electron chi connectivity index (χ4n) is 15.0. The predicted molar refractivity (Wildman–Crippen MR) is 206 cm³/mol. The molecule has 0 aromatic carbocycles. The molecule has 1 aliphatic heterocycles. The van der Waals surface area contributed by atoms with Crippen LogP contribution in [0.25, 0.3) is 0 Å². The summed E-state index contributed by atoms with van der Waals surface area (Å²) in [5.74, 6) is 0.909. The van der Waals surface area contributed by atoms with Crippen molar-refractivity contribution in [2.45, 2.75) is 137 Å². The number of carboxylic acid groups (broad SMARTS) is 2. The lowest BCUT2D eigenvalue weighted by molar-refractivity contribution is -0.221. The van der Waals surface area contributed by atoms with Crippen LogP contribution in [-0.4, -0.2) is 65.4 Å². The molecule has 0 aromatic heterocycles. The Hall–Kier alpha value is -1.99. The zero-order chi connectivity index (χ0) is 37.5. The third-order valence-corrected chi connectivity index (χ3v) is 18.2. The van der Waals surface area contributed by atoms with Crippen LogP contribution in [0.1, 0.15) is 131 Å². The average molecular weight is 721 g/mol. The molecule has 7 aliphatic rings. The summed E-state index contributed by atoms with van der Waals surface area (Å²) >= 11 is 0. The summed E-state index contributed by atoms with van der Waals surface area (Å²) in [7, 11) is 0. The summed E-state index contributed by atoms with van der Waals surface area (Å²) in [5, 5.41) is 23.6. The van der Waals surface area contributed by atoms with Gasteiger partial charge in [-0.25, -0.2) is 0 Å². The monoisotopic (exact) mass is 721 g/mol. The molecule has 4 saturated carbocycles. The lowest BCUT2D eigenvalue weighted by Gasteiger charge is -2.72. The van der Waals surface area contributed by atoms with Crippen molar-refractivity contribution in [2.24, 2.45) is 62.6 Å². The minimum absolute atomic E-state index is 0.0963. The van der Waals surface area contributed by atoms with E-state index in [1.54, 1.807) is 5.57 Å². The van der Waals surface area contributed by atoms with Gasteiger partial charge < -0.3 is 20.4 Å². The van der Waals surface area contributed by atoms with E-state index < -0.39 is 17.4 Å². The van der Waals surface area contributed by atoms with Gasteiger partial charge >= 0.3 is 11.9 Å². The number of carboxylic acids is 2. The van der Waals surface area contributed by atoms with Crippen LogP contribution in [0.4, 0.5) is 4.39 Å². The van der Waals surface area contributed by atoms with E-state index in [2.05, 4.69) is 70.5 Å². The minimum Gasteiger partial charge on any atom is -0.480 e. The van der Waals surface area contributed by atoms with Crippen molar-refractivity contribution >= 4 is 11.9 Å². The molecule has 1 saturated heterocycles. The minimum atomic E-state index is -1.65. The molecule has 1 heterocycles. The maximum atomic E-state index is 13.5. The van der Waals surface area contributed by atoms with Gasteiger partial charge in [0.05, 0.1) is 6.67 Å². The van der Waals surface area contributed by atoms with Crippen molar-refractivity contribution in [1.29, 1.82) is 0 Å². The Balaban J connectivity index is 1.10. The van der Waals surface area contributed by atoms with Crippen molar-refractivity contribution < 1.29 is 24.2 Å². The Kier molecular flexibility index (Phi) is 9.83. The zero-order valence-corrected chi connectivity index (χ0v) is 33.3. The highest BCUT2D eigenvalue weighted by Gasteiger charge is 2.70. The molecule has 7 rings (SSSR count). The highest BCUT2D eigenvalue weighted by Crippen LogP contribution is 2.76. The number of rotatable bonds is 9. The SMILES string of the molecule is C=C(C)C1CCC2(NCCN3CCC(C(=O)O)(C(=O)O)CC3)CCC3(C)C(CCC4C5(C)CC=C(C6=CCC(CF)CC6)C(C)(C)C5CCC43C)C12. The third-order valence-electron chi connectivity index (χ3n) is 18.2. The number of nitrogens with zero attached hydrogens (tertiary/aromatic N) is 1. The molecule has 290 valence electrons. The molecule has 10 unspecified atom stereocenters. The number of piperidine rings is 1.